The number of carbonyl (C=O) groups is 1. The molecule has 134 valence electrons. The molecule has 3 heterocycles. The average molecular weight is 348 g/mol. The van der Waals surface area contributed by atoms with Gasteiger partial charge in [0, 0.05) is 32.2 Å². The summed E-state index contributed by atoms with van der Waals surface area (Å²) in [5.41, 5.74) is -1.36. The van der Waals surface area contributed by atoms with Crippen LogP contribution in [0.25, 0.3) is 0 Å². The Hall–Kier alpha value is -2.65. The van der Waals surface area contributed by atoms with Crippen LogP contribution in [-0.4, -0.2) is 65.1 Å². The van der Waals surface area contributed by atoms with E-state index >= 15 is 0 Å². The number of rotatable bonds is 6. The summed E-state index contributed by atoms with van der Waals surface area (Å²) in [4.78, 5) is 43.9. The third-order valence-corrected chi connectivity index (χ3v) is 3.99. The molecule has 9 heteroatoms. The average Bonchev–Trinajstić information content (AvgIpc) is 3.11. The van der Waals surface area contributed by atoms with Crippen molar-refractivity contribution in [1.29, 1.82) is 0 Å². The van der Waals surface area contributed by atoms with Crippen molar-refractivity contribution in [3.63, 3.8) is 0 Å². The second kappa shape index (κ2) is 7.95. The lowest BCUT2D eigenvalue weighted by molar-refractivity contribution is 0.0315. The molecule has 2 aromatic rings. The van der Waals surface area contributed by atoms with Gasteiger partial charge >= 0.3 is 5.69 Å². The molecule has 2 aromatic heterocycles. The van der Waals surface area contributed by atoms with Crippen LogP contribution in [0.15, 0.2) is 38.5 Å². The predicted molar refractivity (Wildman–Crippen MR) is 88.4 cm³/mol. The number of carbonyl (C=O) groups excluding carboxylic acids is 1. The van der Waals surface area contributed by atoms with E-state index in [2.05, 4.69) is 14.9 Å². The van der Waals surface area contributed by atoms with E-state index in [0.717, 1.165) is 19.2 Å². The van der Waals surface area contributed by atoms with Crippen LogP contribution < -0.4 is 11.2 Å². The molecule has 0 atom stereocenters. The Balaban J connectivity index is 1.75. The molecule has 0 bridgehead atoms. The Kier molecular flexibility index (Phi) is 5.46. The van der Waals surface area contributed by atoms with Crippen molar-refractivity contribution in [2.75, 3.05) is 39.4 Å². The molecule has 0 unspecified atom stereocenters. The van der Waals surface area contributed by atoms with Crippen LogP contribution in [0, 0.1) is 0 Å². The topological polar surface area (TPSA) is 112 Å². The highest BCUT2D eigenvalue weighted by Gasteiger charge is 2.20. The minimum atomic E-state index is -0.707. The highest BCUT2D eigenvalue weighted by atomic mass is 16.5. The Morgan fingerprint density at radius 2 is 2.04 bits per heavy atom. The Bertz CT molecular complexity index is 776. The summed E-state index contributed by atoms with van der Waals surface area (Å²) in [5, 5.41) is 0. The minimum Gasteiger partial charge on any atom is -0.467 e. The van der Waals surface area contributed by atoms with Gasteiger partial charge in [-0.3, -0.25) is 19.5 Å². The second-order valence-electron chi connectivity index (χ2n) is 5.76. The molecule has 25 heavy (non-hydrogen) atoms. The fourth-order valence-electron chi connectivity index (χ4n) is 2.68. The first-order chi connectivity index (χ1) is 12.1. The molecule has 0 spiro atoms. The van der Waals surface area contributed by atoms with Gasteiger partial charge in [0.25, 0.3) is 11.5 Å². The van der Waals surface area contributed by atoms with Crippen LogP contribution in [0.3, 0.4) is 0 Å². The molecular weight excluding hydrogens is 328 g/mol. The molecule has 3 rings (SSSR count). The van der Waals surface area contributed by atoms with Crippen molar-refractivity contribution in [2.45, 2.75) is 6.54 Å². The van der Waals surface area contributed by atoms with Crippen molar-refractivity contribution in [1.82, 2.24) is 19.8 Å². The van der Waals surface area contributed by atoms with E-state index < -0.39 is 17.2 Å². The Labute approximate surface area is 143 Å². The standard InChI is InChI=1S/C16H20N4O5/c21-14-10-13(17-16(23)18-14)15(22)20(11-12-2-1-7-25-12)4-3-19-5-8-24-9-6-19/h1-2,7,10H,3-6,8-9,11H2,(H2,17,18,21,23). The first-order valence-corrected chi connectivity index (χ1v) is 8.07. The highest BCUT2D eigenvalue weighted by molar-refractivity contribution is 5.92. The molecule has 0 aromatic carbocycles. The zero-order chi connectivity index (χ0) is 17.6. The number of H-pyrrole nitrogens is 2. The molecule has 1 fully saturated rings. The Morgan fingerprint density at radius 3 is 2.72 bits per heavy atom. The summed E-state index contributed by atoms with van der Waals surface area (Å²) in [6.45, 7) is 4.33. The zero-order valence-electron chi connectivity index (χ0n) is 13.7. The lowest BCUT2D eigenvalue weighted by Gasteiger charge is -2.29. The monoisotopic (exact) mass is 348 g/mol. The first kappa shape index (κ1) is 17.2. The molecule has 1 aliphatic heterocycles. The number of aromatic amines is 2. The molecule has 1 saturated heterocycles. The number of ether oxygens (including phenoxy) is 1. The minimum absolute atomic E-state index is 0.0396. The molecular formula is C16H20N4O5. The maximum atomic E-state index is 12.8. The number of amides is 1. The largest absolute Gasteiger partial charge is 0.467 e. The lowest BCUT2D eigenvalue weighted by Crippen LogP contribution is -2.43. The number of aromatic nitrogens is 2. The van der Waals surface area contributed by atoms with E-state index in [1.807, 2.05) is 0 Å². The zero-order valence-corrected chi connectivity index (χ0v) is 13.7. The van der Waals surface area contributed by atoms with E-state index in [9.17, 15) is 14.4 Å². The number of nitrogens with zero attached hydrogens (tertiary/aromatic N) is 2. The third kappa shape index (κ3) is 4.68. The van der Waals surface area contributed by atoms with Gasteiger partial charge in [-0.25, -0.2) is 4.79 Å². The van der Waals surface area contributed by atoms with Gasteiger partial charge < -0.3 is 19.0 Å². The van der Waals surface area contributed by atoms with Crippen LogP contribution in [0.2, 0.25) is 0 Å². The summed E-state index contributed by atoms with van der Waals surface area (Å²) in [5.74, 6) is 0.204. The molecule has 0 aliphatic carbocycles. The van der Waals surface area contributed by atoms with Crippen LogP contribution in [0.4, 0.5) is 0 Å². The van der Waals surface area contributed by atoms with Crippen LogP contribution in [0.5, 0.6) is 0 Å². The van der Waals surface area contributed by atoms with Gasteiger partial charge in [0.2, 0.25) is 0 Å². The van der Waals surface area contributed by atoms with Crippen LogP contribution in [-0.2, 0) is 11.3 Å². The van der Waals surface area contributed by atoms with E-state index in [1.165, 1.54) is 6.26 Å². The summed E-state index contributed by atoms with van der Waals surface area (Å²) >= 11 is 0. The van der Waals surface area contributed by atoms with Gasteiger partial charge in [-0.15, -0.1) is 0 Å². The van der Waals surface area contributed by atoms with Crippen LogP contribution >= 0.6 is 0 Å². The normalized spacial score (nSPS) is 15.2. The lowest BCUT2D eigenvalue weighted by atomic mass is 10.3. The van der Waals surface area contributed by atoms with Crippen molar-refractivity contribution < 1.29 is 13.9 Å². The van der Waals surface area contributed by atoms with Crippen molar-refractivity contribution in [3.8, 4) is 0 Å². The number of hydrogen-bond donors (Lipinski definition) is 2. The van der Waals surface area contributed by atoms with Crippen molar-refractivity contribution in [2.24, 2.45) is 0 Å². The summed E-state index contributed by atoms with van der Waals surface area (Å²) < 4.78 is 10.6. The molecule has 9 nitrogen and oxygen atoms in total. The molecule has 0 radical (unpaired) electrons. The van der Waals surface area contributed by atoms with Gasteiger partial charge in [-0.05, 0) is 12.1 Å². The second-order valence-corrected chi connectivity index (χ2v) is 5.76. The van der Waals surface area contributed by atoms with Gasteiger partial charge in [-0.2, -0.15) is 0 Å². The predicted octanol–water partition coefficient (Wildman–Crippen LogP) is -0.369. The van der Waals surface area contributed by atoms with E-state index in [1.54, 1.807) is 17.0 Å². The Morgan fingerprint density at radius 1 is 1.24 bits per heavy atom. The maximum absolute atomic E-state index is 12.8. The summed E-state index contributed by atoms with van der Waals surface area (Å²) in [6, 6.07) is 4.61. The molecule has 2 N–H and O–H groups in total. The van der Waals surface area contributed by atoms with Crippen LogP contribution in [0.1, 0.15) is 16.2 Å². The summed E-state index contributed by atoms with van der Waals surface area (Å²) in [7, 11) is 0. The third-order valence-electron chi connectivity index (χ3n) is 3.99. The molecule has 0 saturated carbocycles. The van der Waals surface area contributed by atoms with Gasteiger partial charge in [0.05, 0.1) is 26.0 Å². The fourth-order valence-corrected chi connectivity index (χ4v) is 2.68. The summed E-state index contributed by atoms with van der Waals surface area (Å²) in [6.07, 6.45) is 1.54. The van der Waals surface area contributed by atoms with Crippen molar-refractivity contribution >= 4 is 5.91 Å². The van der Waals surface area contributed by atoms with Crippen molar-refractivity contribution in [3.05, 3.63) is 56.8 Å². The smallest absolute Gasteiger partial charge is 0.326 e. The SMILES string of the molecule is O=C(c1cc(=O)[nH]c(=O)[nH]1)N(CCN1CCOCC1)Cc1ccco1. The van der Waals surface area contributed by atoms with E-state index in [-0.39, 0.29) is 12.2 Å². The number of morpholine rings is 1. The van der Waals surface area contributed by atoms with E-state index in [0.29, 0.717) is 32.1 Å². The highest BCUT2D eigenvalue weighted by Crippen LogP contribution is 2.09. The number of hydrogen-bond acceptors (Lipinski definition) is 6. The number of furan rings is 1. The van der Waals surface area contributed by atoms with Gasteiger partial charge in [0.15, 0.2) is 0 Å². The molecule has 1 amide bonds. The first-order valence-electron chi connectivity index (χ1n) is 8.07. The number of nitrogens with one attached hydrogen (secondary N) is 2. The fraction of sp³-hybridized carbons (Fsp3) is 0.438. The van der Waals surface area contributed by atoms with Gasteiger partial charge in [0.1, 0.15) is 11.5 Å². The maximum Gasteiger partial charge on any atom is 0.326 e. The van der Waals surface area contributed by atoms with Gasteiger partial charge in [-0.1, -0.05) is 0 Å². The van der Waals surface area contributed by atoms with E-state index in [4.69, 9.17) is 9.15 Å². The quantitative estimate of drug-likeness (QED) is 0.737. The molecule has 1 aliphatic rings.